The van der Waals surface area contributed by atoms with E-state index in [1.165, 1.54) is 10.6 Å². The minimum atomic E-state index is -0.257. The molecular weight excluding hydrogens is 268 g/mol. The number of amides is 1. The molecule has 0 aliphatic carbocycles. The third kappa shape index (κ3) is 2.27. The van der Waals surface area contributed by atoms with Crippen molar-refractivity contribution in [1.29, 1.82) is 0 Å². The molecule has 106 valence electrons. The molecular formula is C16H14N2O3. The van der Waals surface area contributed by atoms with Gasteiger partial charge in [-0.15, -0.1) is 0 Å². The second kappa shape index (κ2) is 5.01. The maximum atomic E-state index is 12.6. The topological polar surface area (TPSA) is 59.4 Å². The minimum absolute atomic E-state index is 0.0404. The van der Waals surface area contributed by atoms with E-state index in [1.807, 2.05) is 0 Å². The summed E-state index contributed by atoms with van der Waals surface area (Å²) < 4.78 is 1.41. The van der Waals surface area contributed by atoms with Gasteiger partial charge in [-0.3, -0.25) is 14.4 Å². The summed E-state index contributed by atoms with van der Waals surface area (Å²) in [5.74, 6) is -0.216. The molecule has 21 heavy (non-hydrogen) atoms. The number of ketones is 1. The number of carbonyl (C=O) groups excluding carboxylic acids is 2. The van der Waals surface area contributed by atoms with Crippen LogP contribution in [0.2, 0.25) is 0 Å². The number of para-hydroxylation sites is 1. The van der Waals surface area contributed by atoms with E-state index in [9.17, 15) is 14.4 Å². The molecule has 0 unspecified atom stereocenters. The number of benzene rings is 1. The fraction of sp³-hybridized carbons (Fsp3) is 0.188. The first-order valence-corrected chi connectivity index (χ1v) is 6.69. The van der Waals surface area contributed by atoms with Crippen LogP contribution in [0, 0.1) is 0 Å². The highest BCUT2D eigenvalue weighted by Crippen LogP contribution is 2.27. The van der Waals surface area contributed by atoms with E-state index in [0.717, 1.165) is 0 Å². The Hall–Kier alpha value is -2.69. The average molecular weight is 282 g/mol. The van der Waals surface area contributed by atoms with Crippen molar-refractivity contribution in [3.05, 3.63) is 64.1 Å². The lowest BCUT2D eigenvalue weighted by atomic mass is 9.99. The molecule has 5 heteroatoms. The molecule has 0 fully saturated rings. The maximum absolute atomic E-state index is 12.6. The number of pyridine rings is 1. The molecule has 5 nitrogen and oxygen atoms in total. The second-order valence-corrected chi connectivity index (χ2v) is 5.01. The van der Waals surface area contributed by atoms with Crippen LogP contribution in [-0.4, -0.2) is 22.8 Å². The highest BCUT2D eigenvalue weighted by molar-refractivity contribution is 6.13. The standard InChI is InChI=1S/C16H14N2O3/c1-17-8-6-11(10-15(17)20)16(21)18-9-7-14(19)12-4-2-3-5-13(12)18/h2-6,8,10H,7,9H2,1H3. The van der Waals surface area contributed by atoms with Crippen LogP contribution in [0.5, 0.6) is 0 Å². The van der Waals surface area contributed by atoms with Crippen LogP contribution in [0.1, 0.15) is 27.1 Å². The molecule has 2 heterocycles. The van der Waals surface area contributed by atoms with E-state index in [0.29, 0.717) is 29.8 Å². The Labute approximate surface area is 121 Å². The largest absolute Gasteiger partial charge is 0.319 e. The Kier molecular flexibility index (Phi) is 3.17. The highest BCUT2D eigenvalue weighted by atomic mass is 16.2. The number of nitrogens with zero attached hydrogens (tertiary/aromatic N) is 2. The Morgan fingerprint density at radius 2 is 1.90 bits per heavy atom. The van der Waals surface area contributed by atoms with Gasteiger partial charge in [0.15, 0.2) is 5.78 Å². The highest BCUT2D eigenvalue weighted by Gasteiger charge is 2.27. The SMILES string of the molecule is Cn1ccc(C(=O)N2CCC(=O)c3ccccc32)cc1=O. The van der Waals surface area contributed by atoms with Crippen LogP contribution in [-0.2, 0) is 7.05 Å². The van der Waals surface area contributed by atoms with Gasteiger partial charge in [0.05, 0.1) is 5.69 Å². The predicted octanol–water partition coefficient (Wildman–Crippen LogP) is 1.62. The van der Waals surface area contributed by atoms with E-state index in [2.05, 4.69) is 0 Å². The third-order valence-corrected chi connectivity index (χ3v) is 3.65. The zero-order valence-electron chi connectivity index (χ0n) is 11.6. The molecule has 0 bridgehead atoms. The first-order valence-electron chi connectivity index (χ1n) is 6.69. The number of aromatic nitrogens is 1. The van der Waals surface area contributed by atoms with Gasteiger partial charge in [-0.25, -0.2) is 0 Å². The monoisotopic (exact) mass is 282 g/mol. The Morgan fingerprint density at radius 3 is 2.67 bits per heavy atom. The minimum Gasteiger partial charge on any atom is -0.319 e. The van der Waals surface area contributed by atoms with E-state index >= 15 is 0 Å². The fourth-order valence-corrected chi connectivity index (χ4v) is 2.46. The van der Waals surface area contributed by atoms with Gasteiger partial charge in [0.2, 0.25) is 0 Å². The van der Waals surface area contributed by atoms with Crippen LogP contribution in [0.4, 0.5) is 5.69 Å². The van der Waals surface area contributed by atoms with Crippen molar-refractivity contribution in [2.45, 2.75) is 6.42 Å². The average Bonchev–Trinajstić information content (AvgIpc) is 2.50. The lowest BCUT2D eigenvalue weighted by molar-refractivity contribution is 0.0955. The number of anilines is 1. The lowest BCUT2D eigenvalue weighted by Crippen LogP contribution is -2.38. The Balaban J connectivity index is 2.03. The molecule has 0 radical (unpaired) electrons. The summed E-state index contributed by atoms with van der Waals surface area (Å²) in [5, 5.41) is 0. The third-order valence-electron chi connectivity index (χ3n) is 3.65. The number of carbonyl (C=O) groups is 2. The molecule has 1 aromatic heterocycles. The zero-order chi connectivity index (χ0) is 15.0. The van der Waals surface area contributed by atoms with Crippen molar-refractivity contribution < 1.29 is 9.59 Å². The van der Waals surface area contributed by atoms with Gasteiger partial charge in [0.1, 0.15) is 0 Å². The summed E-state index contributed by atoms with van der Waals surface area (Å²) >= 11 is 0. The molecule has 1 aromatic carbocycles. The number of hydrogen-bond donors (Lipinski definition) is 0. The maximum Gasteiger partial charge on any atom is 0.258 e. The van der Waals surface area contributed by atoms with Crippen molar-refractivity contribution in [2.24, 2.45) is 7.05 Å². The van der Waals surface area contributed by atoms with Gasteiger partial charge < -0.3 is 9.47 Å². The van der Waals surface area contributed by atoms with Crippen LogP contribution in [0.25, 0.3) is 0 Å². The van der Waals surface area contributed by atoms with E-state index < -0.39 is 0 Å². The Bertz CT molecular complexity index is 792. The molecule has 3 rings (SSSR count). The van der Waals surface area contributed by atoms with Gasteiger partial charge in [-0.05, 0) is 18.2 Å². The number of fused-ring (bicyclic) bond motifs is 1. The van der Waals surface area contributed by atoms with Crippen LogP contribution >= 0.6 is 0 Å². The van der Waals surface area contributed by atoms with Crippen molar-refractivity contribution >= 4 is 17.4 Å². The summed E-state index contributed by atoms with van der Waals surface area (Å²) in [4.78, 5) is 37.7. The molecule has 2 aromatic rings. The lowest BCUT2D eigenvalue weighted by Gasteiger charge is -2.28. The molecule has 1 amide bonds. The first kappa shape index (κ1) is 13.3. The molecule has 1 aliphatic heterocycles. The molecule has 0 spiro atoms. The zero-order valence-corrected chi connectivity index (χ0v) is 11.6. The number of hydrogen-bond acceptors (Lipinski definition) is 3. The van der Waals surface area contributed by atoms with E-state index in [4.69, 9.17) is 0 Å². The van der Waals surface area contributed by atoms with Gasteiger partial charge in [-0.1, -0.05) is 12.1 Å². The van der Waals surface area contributed by atoms with Crippen molar-refractivity contribution in [3.8, 4) is 0 Å². The van der Waals surface area contributed by atoms with Crippen molar-refractivity contribution in [3.63, 3.8) is 0 Å². The number of Topliss-reactive ketones (excluding diaryl/α,β-unsaturated/α-hetero) is 1. The van der Waals surface area contributed by atoms with Gasteiger partial charge in [-0.2, -0.15) is 0 Å². The quantitative estimate of drug-likeness (QED) is 0.798. The van der Waals surface area contributed by atoms with Crippen LogP contribution in [0.15, 0.2) is 47.4 Å². The fourth-order valence-electron chi connectivity index (χ4n) is 2.46. The van der Waals surface area contributed by atoms with Gasteiger partial charge >= 0.3 is 0 Å². The number of aryl methyl sites for hydroxylation is 1. The summed E-state index contributed by atoms with van der Waals surface area (Å²) in [7, 11) is 1.63. The summed E-state index contributed by atoms with van der Waals surface area (Å²) in [6.45, 7) is 0.337. The summed E-state index contributed by atoms with van der Waals surface area (Å²) in [6.07, 6.45) is 1.87. The number of rotatable bonds is 1. The van der Waals surface area contributed by atoms with Gasteiger partial charge in [0, 0.05) is 43.4 Å². The predicted molar refractivity (Wildman–Crippen MR) is 78.7 cm³/mol. The molecule has 1 aliphatic rings. The first-order chi connectivity index (χ1) is 10.1. The molecule has 0 N–H and O–H groups in total. The van der Waals surface area contributed by atoms with Gasteiger partial charge in [0.25, 0.3) is 11.5 Å². The summed E-state index contributed by atoms with van der Waals surface area (Å²) in [6, 6.07) is 9.99. The molecule has 0 saturated heterocycles. The Morgan fingerprint density at radius 1 is 1.14 bits per heavy atom. The molecule has 0 atom stereocenters. The van der Waals surface area contributed by atoms with E-state index in [1.54, 1.807) is 48.5 Å². The van der Waals surface area contributed by atoms with Crippen molar-refractivity contribution in [1.82, 2.24) is 4.57 Å². The smallest absolute Gasteiger partial charge is 0.258 e. The summed E-state index contributed by atoms with van der Waals surface area (Å²) in [5.41, 5.74) is 1.27. The van der Waals surface area contributed by atoms with Crippen LogP contribution < -0.4 is 10.5 Å². The van der Waals surface area contributed by atoms with Crippen LogP contribution in [0.3, 0.4) is 0 Å². The van der Waals surface area contributed by atoms with E-state index in [-0.39, 0.29) is 17.2 Å². The normalized spacial score (nSPS) is 14.0. The molecule has 0 saturated carbocycles. The second-order valence-electron chi connectivity index (χ2n) is 5.01. The van der Waals surface area contributed by atoms with Crippen molar-refractivity contribution in [2.75, 3.05) is 11.4 Å².